The average Bonchev–Trinajstić information content (AvgIpc) is 3.13. The minimum absolute atomic E-state index is 0.0535. The van der Waals surface area contributed by atoms with Gasteiger partial charge < -0.3 is 9.84 Å². The van der Waals surface area contributed by atoms with Crippen LogP contribution in [0.1, 0.15) is 54.5 Å². The van der Waals surface area contributed by atoms with E-state index in [1.165, 1.54) is 4.90 Å². The first-order valence-corrected chi connectivity index (χ1v) is 11.9. The van der Waals surface area contributed by atoms with Crippen molar-refractivity contribution in [1.29, 1.82) is 0 Å². The van der Waals surface area contributed by atoms with Gasteiger partial charge in [-0.2, -0.15) is 0 Å². The molecule has 0 spiro atoms. The van der Waals surface area contributed by atoms with Crippen LogP contribution in [0.4, 0.5) is 5.69 Å². The number of carbonyl (C=O) groups is 2. The molecule has 1 aliphatic rings. The Balaban J connectivity index is 1.76. The molecule has 2 aromatic carbocycles. The highest BCUT2D eigenvalue weighted by Crippen LogP contribution is 2.43. The first kappa shape index (κ1) is 24.2. The summed E-state index contributed by atoms with van der Waals surface area (Å²) in [6.07, 6.45) is 6.43. The number of Topliss-reactive ketones (excluding diaryl/α,β-unsaturated/α-hetero) is 1. The topological polar surface area (TPSA) is 79.7 Å². The van der Waals surface area contributed by atoms with Gasteiger partial charge in [-0.15, -0.1) is 0 Å². The van der Waals surface area contributed by atoms with E-state index in [1.807, 2.05) is 32.0 Å². The molecule has 1 atom stereocenters. The Labute approximate surface area is 205 Å². The van der Waals surface area contributed by atoms with Crippen molar-refractivity contribution in [3.63, 3.8) is 0 Å². The van der Waals surface area contributed by atoms with Gasteiger partial charge in [0.15, 0.2) is 0 Å². The standard InChI is InChI=1S/C29H30N2O4/c1-4-5-6-17-35-23-10-8-22(9-11-23)27(32)25-26(21-13-15-30-16-14-21)31(29(34)28(25)33)24-12-7-19(2)18-20(24)3/h7-16,18,26,32H,4-6,17H2,1-3H3/b27-25+. The van der Waals surface area contributed by atoms with E-state index in [0.29, 0.717) is 29.2 Å². The third kappa shape index (κ3) is 4.97. The number of aliphatic hydroxyl groups excluding tert-OH is 1. The predicted octanol–water partition coefficient (Wildman–Crippen LogP) is 5.89. The zero-order valence-corrected chi connectivity index (χ0v) is 20.3. The van der Waals surface area contributed by atoms with E-state index in [4.69, 9.17) is 4.74 Å². The van der Waals surface area contributed by atoms with Gasteiger partial charge in [0.1, 0.15) is 11.5 Å². The molecule has 0 radical (unpaired) electrons. The number of rotatable bonds is 8. The fourth-order valence-corrected chi connectivity index (χ4v) is 4.42. The van der Waals surface area contributed by atoms with Crippen LogP contribution < -0.4 is 9.64 Å². The van der Waals surface area contributed by atoms with Gasteiger partial charge in [-0.3, -0.25) is 19.5 Å². The smallest absolute Gasteiger partial charge is 0.300 e. The Morgan fingerprint density at radius 2 is 1.71 bits per heavy atom. The van der Waals surface area contributed by atoms with E-state index < -0.39 is 17.7 Å². The second-order valence-electron chi connectivity index (χ2n) is 8.82. The number of amides is 1. The Bertz CT molecular complexity index is 1250. The summed E-state index contributed by atoms with van der Waals surface area (Å²) in [6.45, 7) is 6.65. The number of aryl methyl sites for hydroxylation is 2. The first-order valence-electron chi connectivity index (χ1n) is 11.9. The van der Waals surface area contributed by atoms with Crippen LogP contribution in [0.2, 0.25) is 0 Å². The summed E-state index contributed by atoms with van der Waals surface area (Å²) in [7, 11) is 0. The Kier molecular flexibility index (Phi) is 7.30. The van der Waals surface area contributed by atoms with Gasteiger partial charge >= 0.3 is 0 Å². The maximum atomic E-state index is 13.3. The van der Waals surface area contributed by atoms with E-state index in [-0.39, 0.29) is 11.3 Å². The number of aliphatic hydroxyl groups is 1. The molecule has 3 aromatic rings. The molecular formula is C29H30N2O4. The fraction of sp³-hybridized carbons (Fsp3) is 0.276. The van der Waals surface area contributed by atoms with Crippen molar-refractivity contribution < 1.29 is 19.4 Å². The number of benzene rings is 2. The lowest BCUT2D eigenvalue weighted by Gasteiger charge is -2.27. The van der Waals surface area contributed by atoms with Crippen molar-refractivity contribution in [2.45, 2.75) is 46.1 Å². The van der Waals surface area contributed by atoms with E-state index in [9.17, 15) is 14.7 Å². The summed E-state index contributed by atoms with van der Waals surface area (Å²) in [5, 5.41) is 11.3. The predicted molar refractivity (Wildman–Crippen MR) is 136 cm³/mol. The summed E-state index contributed by atoms with van der Waals surface area (Å²) >= 11 is 0. The minimum atomic E-state index is -0.774. The third-order valence-electron chi connectivity index (χ3n) is 6.22. The van der Waals surface area contributed by atoms with Crippen LogP contribution in [0.15, 0.2) is 72.6 Å². The number of unbranched alkanes of at least 4 members (excludes halogenated alkanes) is 2. The number of anilines is 1. The summed E-state index contributed by atoms with van der Waals surface area (Å²) in [4.78, 5) is 32.1. The summed E-state index contributed by atoms with van der Waals surface area (Å²) in [5.74, 6) is -0.908. The maximum Gasteiger partial charge on any atom is 0.300 e. The van der Waals surface area contributed by atoms with Crippen molar-refractivity contribution in [2.75, 3.05) is 11.5 Å². The highest BCUT2D eigenvalue weighted by molar-refractivity contribution is 6.51. The zero-order chi connectivity index (χ0) is 24.9. The molecule has 6 heteroatoms. The number of ketones is 1. The quantitative estimate of drug-likeness (QED) is 0.192. The van der Waals surface area contributed by atoms with Crippen molar-refractivity contribution in [3.05, 3.63) is 94.8 Å². The van der Waals surface area contributed by atoms with E-state index in [2.05, 4.69) is 11.9 Å². The summed E-state index contributed by atoms with van der Waals surface area (Å²) < 4.78 is 5.76. The van der Waals surface area contributed by atoms with Crippen LogP contribution in [0, 0.1) is 13.8 Å². The second-order valence-corrected chi connectivity index (χ2v) is 8.82. The SMILES string of the molecule is CCCCCOc1ccc(/C(O)=C2\C(=O)C(=O)N(c3ccc(C)cc3C)C2c2ccncc2)cc1. The molecule has 2 heterocycles. The Morgan fingerprint density at radius 1 is 1.00 bits per heavy atom. The number of hydrogen-bond acceptors (Lipinski definition) is 5. The summed E-state index contributed by atoms with van der Waals surface area (Å²) in [6, 6.07) is 15.4. The molecule has 0 saturated carbocycles. The van der Waals surface area contributed by atoms with Crippen molar-refractivity contribution in [3.8, 4) is 5.75 Å². The highest BCUT2D eigenvalue weighted by atomic mass is 16.5. The molecule has 1 unspecified atom stereocenters. The molecule has 1 aromatic heterocycles. The molecule has 1 fully saturated rings. The van der Waals surface area contributed by atoms with Gasteiger partial charge in [0.05, 0.1) is 18.2 Å². The summed E-state index contributed by atoms with van der Waals surface area (Å²) in [5.41, 5.74) is 3.75. The van der Waals surface area contributed by atoms with Crippen LogP contribution in [-0.2, 0) is 9.59 Å². The molecule has 4 rings (SSSR count). The molecule has 180 valence electrons. The molecule has 1 saturated heterocycles. The Hall–Kier alpha value is -3.93. The first-order chi connectivity index (χ1) is 16.9. The number of aromatic nitrogens is 1. The van der Waals surface area contributed by atoms with E-state index >= 15 is 0 Å². The molecular weight excluding hydrogens is 440 g/mol. The number of hydrogen-bond donors (Lipinski definition) is 1. The largest absolute Gasteiger partial charge is 0.507 e. The van der Waals surface area contributed by atoms with Crippen molar-refractivity contribution in [1.82, 2.24) is 4.98 Å². The van der Waals surface area contributed by atoms with Gasteiger partial charge in [-0.1, -0.05) is 37.5 Å². The van der Waals surface area contributed by atoms with Gasteiger partial charge in [-0.05, 0) is 73.9 Å². The monoisotopic (exact) mass is 470 g/mol. The van der Waals surface area contributed by atoms with Crippen molar-refractivity contribution in [2.24, 2.45) is 0 Å². The lowest BCUT2D eigenvalue weighted by atomic mass is 9.95. The van der Waals surface area contributed by atoms with Crippen LogP contribution in [0.5, 0.6) is 5.75 Å². The molecule has 35 heavy (non-hydrogen) atoms. The highest BCUT2D eigenvalue weighted by Gasteiger charge is 2.47. The lowest BCUT2D eigenvalue weighted by molar-refractivity contribution is -0.132. The van der Waals surface area contributed by atoms with Gasteiger partial charge in [0, 0.05) is 23.6 Å². The van der Waals surface area contributed by atoms with Crippen LogP contribution in [0.3, 0.4) is 0 Å². The average molecular weight is 471 g/mol. The zero-order valence-electron chi connectivity index (χ0n) is 20.3. The number of nitrogens with zero attached hydrogens (tertiary/aromatic N) is 2. The number of pyridine rings is 1. The fourth-order valence-electron chi connectivity index (χ4n) is 4.42. The van der Waals surface area contributed by atoms with Crippen LogP contribution >= 0.6 is 0 Å². The second kappa shape index (κ2) is 10.6. The molecule has 0 aliphatic carbocycles. The van der Waals surface area contributed by atoms with Gasteiger partial charge in [0.25, 0.3) is 11.7 Å². The van der Waals surface area contributed by atoms with Crippen molar-refractivity contribution >= 4 is 23.1 Å². The van der Waals surface area contributed by atoms with Gasteiger partial charge in [-0.25, -0.2) is 0 Å². The molecule has 1 aliphatic heterocycles. The lowest BCUT2D eigenvalue weighted by Crippen LogP contribution is -2.30. The third-order valence-corrected chi connectivity index (χ3v) is 6.22. The molecule has 1 N–H and O–H groups in total. The van der Waals surface area contributed by atoms with Crippen LogP contribution in [-0.4, -0.2) is 28.4 Å². The molecule has 1 amide bonds. The van der Waals surface area contributed by atoms with E-state index in [1.54, 1.807) is 48.8 Å². The molecule has 6 nitrogen and oxygen atoms in total. The maximum absolute atomic E-state index is 13.3. The number of carbonyl (C=O) groups excluding carboxylic acids is 2. The van der Waals surface area contributed by atoms with Crippen LogP contribution in [0.25, 0.3) is 5.76 Å². The normalized spacial score (nSPS) is 17.1. The van der Waals surface area contributed by atoms with E-state index in [0.717, 1.165) is 30.4 Å². The minimum Gasteiger partial charge on any atom is -0.507 e. The Morgan fingerprint density at radius 3 is 2.37 bits per heavy atom. The van der Waals surface area contributed by atoms with Gasteiger partial charge in [0.2, 0.25) is 0 Å². The number of ether oxygens (including phenoxy) is 1. The molecule has 0 bridgehead atoms.